The van der Waals surface area contributed by atoms with Gasteiger partial charge in [-0.15, -0.1) is 0 Å². The largest absolute Gasteiger partial charge is 0.398 e. The normalized spacial score (nSPS) is 11.1. The first-order valence-corrected chi connectivity index (χ1v) is 9.54. The first-order chi connectivity index (χ1) is 13.6. The van der Waals surface area contributed by atoms with E-state index in [4.69, 9.17) is 5.73 Å². The summed E-state index contributed by atoms with van der Waals surface area (Å²) in [5, 5.41) is 6.25. The Morgan fingerprint density at radius 1 is 1.04 bits per heavy atom. The van der Waals surface area contributed by atoms with Crippen LogP contribution in [0.4, 0.5) is 10.5 Å². The number of benzene rings is 3. The van der Waals surface area contributed by atoms with Crippen molar-refractivity contribution in [2.45, 2.75) is 20.3 Å². The fourth-order valence-electron chi connectivity index (χ4n) is 3.76. The third-order valence-electron chi connectivity index (χ3n) is 5.07. The van der Waals surface area contributed by atoms with Gasteiger partial charge in [-0.3, -0.25) is 4.68 Å². The average molecular weight is 372 g/mol. The predicted octanol–water partition coefficient (Wildman–Crippen LogP) is 5.02. The minimum Gasteiger partial charge on any atom is -0.398 e. The molecule has 0 spiro atoms. The zero-order valence-electron chi connectivity index (χ0n) is 16.1. The lowest BCUT2D eigenvalue weighted by Gasteiger charge is -2.12. The highest BCUT2D eigenvalue weighted by atomic mass is 16.2. The van der Waals surface area contributed by atoms with Crippen LogP contribution in [0.2, 0.25) is 0 Å². The van der Waals surface area contributed by atoms with Crippen molar-refractivity contribution in [3.63, 3.8) is 0 Å². The SMILES string of the molecule is CCCNC(=O)Nn1c(C)c(-c2ccccc2N)c2c3ccccc3ccc21. The van der Waals surface area contributed by atoms with Gasteiger partial charge in [-0.05, 0) is 36.2 Å². The van der Waals surface area contributed by atoms with Crippen molar-refractivity contribution in [2.24, 2.45) is 0 Å². The molecule has 0 saturated carbocycles. The number of fused-ring (bicyclic) bond motifs is 3. The smallest absolute Gasteiger partial charge is 0.333 e. The number of nitrogens with zero attached hydrogens (tertiary/aromatic N) is 1. The fourth-order valence-corrected chi connectivity index (χ4v) is 3.76. The predicted molar refractivity (Wildman–Crippen MR) is 117 cm³/mol. The van der Waals surface area contributed by atoms with E-state index in [1.54, 1.807) is 0 Å². The number of nitrogens with one attached hydrogen (secondary N) is 2. The van der Waals surface area contributed by atoms with Crippen molar-refractivity contribution in [1.82, 2.24) is 9.99 Å². The number of carbonyl (C=O) groups is 1. The highest BCUT2D eigenvalue weighted by Crippen LogP contribution is 2.40. The van der Waals surface area contributed by atoms with Gasteiger partial charge in [0.1, 0.15) is 0 Å². The second-order valence-electron chi connectivity index (χ2n) is 6.93. The monoisotopic (exact) mass is 372 g/mol. The zero-order chi connectivity index (χ0) is 19.7. The first kappa shape index (κ1) is 17.9. The zero-order valence-corrected chi connectivity index (χ0v) is 16.1. The number of nitrogen functional groups attached to an aromatic ring is 1. The van der Waals surface area contributed by atoms with Gasteiger partial charge >= 0.3 is 6.03 Å². The molecule has 4 rings (SSSR count). The van der Waals surface area contributed by atoms with Crippen LogP contribution in [0.25, 0.3) is 32.8 Å². The van der Waals surface area contributed by atoms with E-state index in [0.717, 1.165) is 44.9 Å². The number of para-hydroxylation sites is 1. The molecule has 0 aliphatic rings. The van der Waals surface area contributed by atoms with Crippen LogP contribution < -0.4 is 16.5 Å². The molecular formula is C23H24N4O. The summed E-state index contributed by atoms with van der Waals surface area (Å²) < 4.78 is 1.86. The summed E-state index contributed by atoms with van der Waals surface area (Å²) in [5.74, 6) is 0. The first-order valence-electron chi connectivity index (χ1n) is 9.54. The lowest BCUT2D eigenvalue weighted by atomic mass is 9.97. The summed E-state index contributed by atoms with van der Waals surface area (Å²) in [6, 6.07) is 20.0. The molecule has 5 heteroatoms. The minimum absolute atomic E-state index is 0.220. The second kappa shape index (κ2) is 7.27. The van der Waals surface area contributed by atoms with Gasteiger partial charge in [0.05, 0.1) is 5.52 Å². The molecule has 4 N–H and O–H groups in total. The van der Waals surface area contributed by atoms with E-state index < -0.39 is 0 Å². The molecule has 3 aromatic carbocycles. The molecule has 4 aromatic rings. The maximum Gasteiger partial charge on any atom is 0.333 e. The number of amides is 2. The van der Waals surface area contributed by atoms with Crippen molar-refractivity contribution in [3.05, 3.63) is 66.4 Å². The van der Waals surface area contributed by atoms with Gasteiger partial charge in [0.2, 0.25) is 0 Å². The Labute approximate surface area is 164 Å². The van der Waals surface area contributed by atoms with Gasteiger partial charge in [0.25, 0.3) is 0 Å². The van der Waals surface area contributed by atoms with Gasteiger partial charge < -0.3 is 11.1 Å². The number of urea groups is 1. The van der Waals surface area contributed by atoms with E-state index in [2.05, 4.69) is 28.9 Å². The third-order valence-corrected chi connectivity index (χ3v) is 5.07. The van der Waals surface area contributed by atoms with Crippen molar-refractivity contribution in [2.75, 3.05) is 17.7 Å². The number of aromatic nitrogens is 1. The number of hydrogen-bond donors (Lipinski definition) is 3. The molecule has 2 amide bonds. The molecule has 28 heavy (non-hydrogen) atoms. The van der Waals surface area contributed by atoms with Crippen molar-refractivity contribution >= 4 is 33.4 Å². The summed E-state index contributed by atoms with van der Waals surface area (Å²) >= 11 is 0. The molecule has 0 fully saturated rings. The van der Waals surface area contributed by atoms with E-state index in [9.17, 15) is 4.79 Å². The maximum atomic E-state index is 12.4. The Morgan fingerprint density at radius 3 is 2.57 bits per heavy atom. The van der Waals surface area contributed by atoms with E-state index in [0.29, 0.717) is 12.2 Å². The standard InChI is InChI=1S/C23H24N4O/c1-3-14-25-23(28)26-27-15(2)21(18-10-6-7-11-19(18)24)22-17-9-5-4-8-16(17)12-13-20(22)27/h4-13H,3,14,24H2,1-2H3,(H2,25,26,28). The van der Waals surface area contributed by atoms with Crippen LogP contribution in [0.15, 0.2) is 60.7 Å². The van der Waals surface area contributed by atoms with Crippen molar-refractivity contribution in [3.8, 4) is 11.1 Å². The average Bonchev–Trinajstić information content (AvgIpc) is 2.99. The Balaban J connectivity index is 2.01. The summed E-state index contributed by atoms with van der Waals surface area (Å²) in [4.78, 5) is 12.4. The molecule has 5 nitrogen and oxygen atoms in total. The molecule has 0 bridgehead atoms. The van der Waals surface area contributed by atoms with E-state index in [1.165, 1.54) is 0 Å². The quantitative estimate of drug-likeness (QED) is 0.440. The van der Waals surface area contributed by atoms with Crippen LogP contribution in [0.5, 0.6) is 0 Å². The summed E-state index contributed by atoms with van der Waals surface area (Å²) in [5.41, 5.74) is 13.9. The van der Waals surface area contributed by atoms with Crippen LogP contribution in [0.3, 0.4) is 0 Å². The highest BCUT2D eigenvalue weighted by molar-refractivity contribution is 6.16. The molecule has 0 radical (unpaired) electrons. The Hall–Kier alpha value is -3.47. The number of hydrogen-bond acceptors (Lipinski definition) is 2. The third kappa shape index (κ3) is 2.95. The van der Waals surface area contributed by atoms with E-state index in [-0.39, 0.29) is 6.03 Å². The fraction of sp³-hybridized carbons (Fsp3) is 0.174. The van der Waals surface area contributed by atoms with Crippen LogP contribution in [0.1, 0.15) is 19.0 Å². The van der Waals surface area contributed by atoms with Crippen molar-refractivity contribution < 1.29 is 4.79 Å². The molecule has 142 valence electrons. The second-order valence-corrected chi connectivity index (χ2v) is 6.93. The molecule has 0 saturated heterocycles. The van der Waals surface area contributed by atoms with Crippen LogP contribution >= 0.6 is 0 Å². The van der Waals surface area contributed by atoms with Crippen LogP contribution in [-0.4, -0.2) is 17.3 Å². The van der Waals surface area contributed by atoms with Crippen molar-refractivity contribution in [1.29, 1.82) is 0 Å². The molecule has 1 aromatic heterocycles. The summed E-state index contributed by atoms with van der Waals surface area (Å²) in [6.45, 7) is 4.67. The molecule has 0 aliphatic heterocycles. The number of nitrogens with two attached hydrogens (primary N) is 1. The Morgan fingerprint density at radius 2 is 1.79 bits per heavy atom. The van der Waals surface area contributed by atoms with Gasteiger partial charge in [0, 0.05) is 34.4 Å². The van der Waals surface area contributed by atoms with Gasteiger partial charge in [-0.1, -0.05) is 55.5 Å². The lowest BCUT2D eigenvalue weighted by Crippen LogP contribution is -2.34. The maximum absolute atomic E-state index is 12.4. The van der Waals surface area contributed by atoms with Gasteiger partial charge in [-0.25, -0.2) is 10.2 Å². The van der Waals surface area contributed by atoms with Gasteiger partial charge in [-0.2, -0.15) is 0 Å². The molecule has 0 aliphatic carbocycles. The molecule has 0 atom stereocenters. The minimum atomic E-state index is -0.220. The number of rotatable bonds is 4. The number of carbonyl (C=O) groups excluding carboxylic acids is 1. The highest BCUT2D eigenvalue weighted by Gasteiger charge is 2.20. The molecule has 0 unspecified atom stereocenters. The summed E-state index contributed by atoms with van der Waals surface area (Å²) in [7, 11) is 0. The Kier molecular flexibility index (Phi) is 4.65. The molecular weight excluding hydrogens is 348 g/mol. The van der Waals surface area contributed by atoms with Gasteiger partial charge in [0.15, 0.2) is 0 Å². The summed E-state index contributed by atoms with van der Waals surface area (Å²) in [6.07, 6.45) is 0.884. The molecule has 1 heterocycles. The van der Waals surface area contributed by atoms with E-state index in [1.807, 2.05) is 61.0 Å². The van der Waals surface area contributed by atoms with Crippen LogP contribution in [-0.2, 0) is 0 Å². The number of anilines is 1. The van der Waals surface area contributed by atoms with Crippen LogP contribution in [0, 0.1) is 6.92 Å². The van der Waals surface area contributed by atoms with E-state index >= 15 is 0 Å². The topological polar surface area (TPSA) is 72.1 Å². The lowest BCUT2D eigenvalue weighted by molar-refractivity contribution is 0.249. The Bertz CT molecular complexity index is 1180.